The van der Waals surface area contributed by atoms with E-state index in [1.54, 1.807) is 0 Å². The maximum Gasteiger partial charge on any atom is 0.193 e. The molecule has 2 rings (SSSR count). The molecule has 0 aromatic carbocycles. The molecule has 124 valence electrons. The van der Waals surface area contributed by atoms with Gasteiger partial charge in [-0.05, 0) is 31.7 Å². The second-order valence-electron chi connectivity index (χ2n) is 7.23. The molecule has 0 spiro atoms. The van der Waals surface area contributed by atoms with E-state index in [9.17, 15) is 0 Å². The van der Waals surface area contributed by atoms with Crippen molar-refractivity contribution in [2.75, 3.05) is 40.3 Å². The number of likely N-dealkylation sites (tertiary alicyclic amines) is 1. The maximum atomic E-state index is 4.44. The Balaban J connectivity index is 0.00000220. The lowest BCUT2D eigenvalue weighted by Crippen LogP contribution is -2.44. The van der Waals surface area contributed by atoms with Crippen molar-refractivity contribution < 1.29 is 0 Å². The summed E-state index contributed by atoms with van der Waals surface area (Å²) in [6, 6.07) is 0.810. The summed E-state index contributed by atoms with van der Waals surface area (Å²) in [5, 5.41) is 3.54. The summed E-state index contributed by atoms with van der Waals surface area (Å²) < 4.78 is 0. The van der Waals surface area contributed by atoms with Gasteiger partial charge in [-0.25, -0.2) is 0 Å². The average molecular weight is 408 g/mol. The highest BCUT2D eigenvalue weighted by atomic mass is 127. The van der Waals surface area contributed by atoms with E-state index in [2.05, 4.69) is 41.0 Å². The normalized spacial score (nSPS) is 22.7. The highest BCUT2D eigenvalue weighted by Crippen LogP contribution is 2.28. The number of guanidine groups is 1. The number of hydrogen-bond donors (Lipinski definition) is 1. The fraction of sp³-hybridized carbons (Fsp3) is 0.938. The Kier molecular flexibility index (Phi) is 7.74. The van der Waals surface area contributed by atoms with Crippen molar-refractivity contribution in [3.63, 3.8) is 0 Å². The minimum Gasteiger partial charge on any atom is -0.355 e. The Bertz CT molecular complexity index is 337. The molecule has 1 aliphatic heterocycles. The van der Waals surface area contributed by atoms with Crippen molar-refractivity contribution in [1.82, 2.24) is 15.1 Å². The summed E-state index contributed by atoms with van der Waals surface area (Å²) >= 11 is 0. The number of likely N-dealkylation sites (N-methyl/N-ethyl adjacent to an activating group) is 1. The summed E-state index contributed by atoms with van der Waals surface area (Å²) in [6.45, 7) is 9.04. The van der Waals surface area contributed by atoms with Crippen LogP contribution in [0.4, 0.5) is 0 Å². The molecule has 2 fully saturated rings. The molecule has 0 aromatic heterocycles. The zero-order valence-corrected chi connectivity index (χ0v) is 16.5. The van der Waals surface area contributed by atoms with Gasteiger partial charge in [-0.1, -0.05) is 26.7 Å². The summed E-state index contributed by atoms with van der Waals surface area (Å²) in [7, 11) is 4.16. The molecule has 1 N–H and O–H groups in total. The standard InChI is InChI=1S/C16H32N4.HI/c1-16(2)9-11-20(13-16)15(17-3)18-10-12-19(4)14-7-5-6-8-14;/h14H,5-13H2,1-4H3,(H,17,18);1H. The zero-order valence-electron chi connectivity index (χ0n) is 14.2. The van der Waals surface area contributed by atoms with Crippen LogP contribution in [0.15, 0.2) is 4.99 Å². The molecule has 1 saturated carbocycles. The highest BCUT2D eigenvalue weighted by Gasteiger charge is 2.30. The van der Waals surface area contributed by atoms with Gasteiger partial charge >= 0.3 is 0 Å². The van der Waals surface area contributed by atoms with Crippen LogP contribution in [0.2, 0.25) is 0 Å². The van der Waals surface area contributed by atoms with E-state index in [1.807, 2.05) is 7.05 Å². The van der Waals surface area contributed by atoms with Crippen molar-refractivity contribution in [2.24, 2.45) is 10.4 Å². The smallest absolute Gasteiger partial charge is 0.193 e. The van der Waals surface area contributed by atoms with Crippen molar-refractivity contribution in [3.05, 3.63) is 0 Å². The zero-order chi connectivity index (χ0) is 14.6. The molecule has 1 heterocycles. The Hall–Kier alpha value is -0.0400. The second-order valence-corrected chi connectivity index (χ2v) is 7.23. The van der Waals surface area contributed by atoms with Gasteiger partial charge < -0.3 is 15.1 Å². The van der Waals surface area contributed by atoms with Crippen LogP contribution in [0.1, 0.15) is 46.0 Å². The quantitative estimate of drug-likeness (QED) is 0.441. The lowest BCUT2D eigenvalue weighted by Gasteiger charge is -2.27. The van der Waals surface area contributed by atoms with E-state index in [0.717, 1.165) is 38.2 Å². The van der Waals surface area contributed by atoms with Crippen LogP contribution >= 0.6 is 24.0 Å². The Morgan fingerprint density at radius 1 is 1.33 bits per heavy atom. The van der Waals surface area contributed by atoms with Crippen LogP contribution in [-0.2, 0) is 0 Å². The fourth-order valence-electron chi connectivity index (χ4n) is 3.50. The van der Waals surface area contributed by atoms with Crippen LogP contribution < -0.4 is 5.32 Å². The molecule has 0 aromatic rings. The number of nitrogens with zero attached hydrogens (tertiary/aromatic N) is 3. The maximum absolute atomic E-state index is 4.44. The van der Waals surface area contributed by atoms with Gasteiger partial charge in [0.15, 0.2) is 5.96 Å². The number of rotatable bonds is 4. The van der Waals surface area contributed by atoms with Gasteiger partial charge in [0.25, 0.3) is 0 Å². The molecular formula is C16H33IN4. The van der Waals surface area contributed by atoms with E-state index in [1.165, 1.54) is 32.1 Å². The van der Waals surface area contributed by atoms with E-state index in [-0.39, 0.29) is 24.0 Å². The van der Waals surface area contributed by atoms with Gasteiger partial charge in [0.2, 0.25) is 0 Å². The topological polar surface area (TPSA) is 30.9 Å². The molecule has 0 radical (unpaired) electrons. The molecule has 0 bridgehead atoms. The largest absolute Gasteiger partial charge is 0.355 e. The first-order valence-electron chi connectivity index (χ1n) is 8.18. The van der Waals surface area contributed by atoms with Gasteiger partial charge in [-0.15, -0.1) is 24.0 Å². The first-order valence-corrected chi connectivity index (χ1v) is 8.18. The molecule has 0 unspecified atom stereocenters. The third-order valence-electron chi connectivity index (χ3n) is 4.88. The Morgan fingerprint density at radius 2 is 2.00 bits per heavy atom. The minimum atomic E-state index is 0. The second kappa shape index (κ2) is 8.56. The molecule has 21 heavy (non-hydrogen) atoms. The van der Waals surface area contributed by atoms with Crippen LogP contribution in [0.3, 0.4) is 0 Å². The summed E-state index contributed by atoms with van der Waals surface area (Å²) in [5.74, 6) is 1.08. The molecule has 2 aliphatic rings. The van der Waals surface area contributed by atoms with E-state index >= 15 is 0 Å². The van der Waals surface area contributed by atoms with E-state index < -0.39 is 0 Å². The first kappa shape index (κ1) is 19.0. The summed E-state index contributed by atoms with van der Waals surface area (Å²) in [4.78, 5) is 9.36. The Labute approximate surface area is 147 Å². The predicted molar refractivity (Wildman–Crippen MR) is 102 cm³/mol. The van der Waals surface area contributed by atoms with Crippen LogP contribution in [-0.4, -0.2) is 62.1 Å². The first-order chi connectivity index (χ1) is 9.52. The van der Waals surface area contributed by atoms with Crippen molar-refractivity contribution in [3.8, 4) is 0 Å². The van der Waals surface area contributed by atoms with Crippen LogP contribution in [0, 0.1) is 5.41 Å². The number of aliphatic imine (C=N–C) groups is 1. The van der Waals surface area contributed by atoms with E-state index in [4.69, 9.17) is 0 Å². The molecule has 4 nitrogen and oxygen atoms in total. The number of nitrogens with one attached hydrogen (secondary N) is 1. The predicted octanol–water partition coefficient (Wildman–Crippen LogP) is 2.79. The van der Waals surface area contributed by atoms with Crippen molar-refractivity contribution >= 4 is 29.9 Å². The van der Waals surface area contributed by atoms with Gasteiger partial charge in [-0.2, -0.15) is 0 Å². The number of halogens is 1. The van der Waals surface area contributed by atoms with Crippen LogP contribution in [0.5, 0.6) is 0 Å². The van der Waals surface area contributed by atoms with Crippen LogP contribution in [0.25, 0.3) is 0 Å². The van der Waals surface area contributed by atoms with Crippen molar-refractivity contribution in [1.29, 1.82) is 0 Å². The Morgan fingerprint density at radius 3 is 2.52 bits per heavy atom. The third-order valence-corrected chi connectivity index (χ3v) is 4.88. The monoisotopic (exact) mass is 408 g/mol. The number of hydrogen-bond acceptors (Lipinski definition) is 2. The van der Waals surface area contributed by atoms with Crippen molar-refractivity contribution in [2.45, 2.75) is 52.0 Å². The lowest BCUT2D eigenvalue weighted by atomic mass is 9.93. The lowest BCUT2D eigenvalue weighted by molar-refractivity contribution is 0.248. The van der Waals surface area contributed by atoms with E-state index in [0.29, 0.717) is 5.41 Å². The molecule has 5 heteroatoms. The van der Waals surface area contributed by atoms with Gasteiger partial charge in [-0.3, -0.25) is 4.99 Å². The SMILES string of the molecule is CN=C(NCCN(C)C1CCCC1)N1CCC(C)(C)C1.I. The third kappa shape index (κ3) is 5.58. The molecule has 1 aliphatic carbocycles. The highest BCUT2D eigenvalue weighted by molar-refractivity contribution is 14.0. The average Bonchev–Trinajstić information content (AvgIpc) is 3.04. The summed E-state index contributed by atoms with van der Waals surface area (Å²) in [5.41, 5.74) is 0.429. The van der Waals surface area contributed by atoms with Gasteiger partial charge in [0.05, 0.1) is 0 Å². The molecule has 1 saturated heterocycles. The molecular weight excluding hydrogens is 375 g/mol. The molecule has 0 atom stereocenters. The fourth-order valence-corrected chi connectivity index (χ4v) is 3.50. The van der Waals surface area contributed by atoms with Gasteiger partial charge in [0.1, 0.15) is 0 Å². The van der Waals surface area contributed by atoms with Gasteiger partial charge in [0, 0.05) is 39.3 Å². The molecule has 0 amide bonds. The minimum absolute atomic E-state index is 0. The summed E-state index contributed by atoms with van der Waals surface area (Å²) in [6.07, 6.45) is 6.84.